The number of ether oxygens (including phenoxy) is 2. The quantitative estimate of drug-likeness (QED) is 0.156. The number of nitrogens with one attached hydrogen (secondary N) is 1. The van der Waals surface area contributed by atoms with E-state index in [2.05, 4.69) is 10.4 Å². The summed E-state index contributed by atoms with van der Waals surface area (Å²) in [6.07, 6.45) is 5.24. The van der Waals surface area contributed by atoms with Gasteiger partial charge in [-0.25, -0.2) is 0 Å². The van der Waals surface area contributed by atoms with Crippen LogP contribution in [0, 0.1) is 6.92 Å². The van der Waals surface area contributed by atoms with Crippen LogP contribution in [-0.4, -0.2) is 66.6 Å². The number of hydrogen-bond acceptors (Lipinski definition) is 7. The highest BCUT2D eigenvalue weighted by atomic mass is 35.5. The minimum atomic E-state index is -4.15. The van der Waals surface area contributed by atoms with Gasteiger partial charge in [-0.1, -0.05) is 41.9 Å². The number of nitrogens with zero attached hydrogens (tertiary/aromatic N) is 3. The molecular formula is C33H35ClN4O7S. The van der Waals surface area contributed by atoms with Crippen molar-refractivity contribution < 1.29 is 32.0 Å². The van der Waals surface area contributed by atoms with Gasteiger partial charge >= 0.3 is 0 Å². The molecule has 46 heavy (non-hydrogen) atoms. The van der Waals surface area contributed by atoms with Gasteiger partial charge in [0.05, 0.1) is 37.4 Å². The van der Waals surface area contributed by atoms with Crippen LogP contribution in [0.3, 0.4) is 0 Å². The van der Waals surface area contributed by atoms with Crippen molar-refractivity contribution in [2.45, 2.75) is 32.7 Å². The highest BCUT2D eigenvalue weighted by Crippen LogP contribution is 2.40. The van der Waals surface area contributed by atoms with Crippen molar-refractivity contribution in [3.63, 3.8) is 0 Å². The van der Waals surface area contributed by atoms with E-state index in [9.17, 15) is 18.0 Å². The van der Waals surface area contributed by atoms with Crippen LogP contribution in [0.25, 0.3) is 11.1 Å². The van der Waals surface area contributed by atoms with Crippen molar-refractivity contribution in [2.24, 2.45) is 0 Å². The number of benzene rings is 3. The number of anilines is 1. The molecular weight excluding hydrogens is 632 g/mol. The van der Waals surface area contributed by atoms with E-state index < -0.39 is 21.8 Å². The first-order valence-corrected chi connectivity index (χ1v) is 16.9. The molecule has 11 nitrogen and oxygen atoms in total. The summed E-state index contributed by atoms with van der Waals surface area (Å²) in [6.45, 7) is 3.60. The van der Waals surface area contributed by atoms with Gasteiger partial charge < -0.3 is 19.7 Å². The molecule has 2 heterocycles. The number of amides is 2. The molecule has 0 saturated heterocycles. The first-order chi connectivity index (χ1) is 22.1. The zero-order valence-corrected chi connectivity index (χ0v) is 26.9. The molecule has 0 bridgehead atoms. The highest BCUT2D eigenvalue weighted by Gasteiger charge is 2.25. The van der Waals surface area contributed by atoms with Gasteiger partial charge in [0, 0.05) is 53.0 Å². The zero-order valence-electron chi connectivity index (χ0n) is 25.3. The summed E-state index contributed by atoms with van der Waals surface area (Å²) in [6, 6.07) is 18.2. The standard InChI is InChI=1S/C33H35ClN4O7S/c1-23-28(34)7-3-9-30(23)44-17-4-10-31(39)38-16-5-18-45-32-27(6-2-8-29(32)38)26-20-36-37(22-26)21-24-11-13-25(14-12-24)33(40)35-15-19-46(41,42)43/h2-3,6-9,11-14,20,22H,4-5,10,15-19,21H2,1H3,(H,35,40)(H,41,42,43). The Labute approximate surface area is 272 Å². The summed E-state index contributed by atoms with van der Waals surface area (Å²) in [4.78, 5) is 27.4. The maximum absolute atomic E-state index is 13.4. The lowest BCUT2D eigenvalue weighted by atomic mass is 10.1. The van der Waals surface area contributed by atoms with E-state index in [4.69, 9.17) is 25.6 Å². The molecule has 4 aromatic rings. The summed E-state index contributed by atoms with van der Waals surface area (Å²) in [7, 11) is -4.15. The van der Waals surface area contributed by atoms with E-state index in [-0.39, 0.29) is 12.5 Å². The van der Waals surface area contributed by atoms with Crippen molar-refractivity contribution >= 4 is 39.2 Å². The molecule has 0 aliphatic carbocycles. The molecule has 1 aliphatic heterocycles. The molecule has 1 aromatic heterocycles. The molecule has 0 radical (unpaired) electrons. The van der Waals surface area contributed by atoms with Crippen molar-refractivity contribution in [3.8, 4) is 22.6 Å². The highest BCUT2D eigenvalue weighted by molar-refractivity contribution is 7.85. The number of carbonyl (C=O) groups is 2. The molecule has 0 atom stereocenters. The first kappa shape index (κ1) is 33.0. The lowest BCUT2D eigenvalue weighted by molar-refractivity contribution is -0.118. The van der Waals surface area contributed by atoms with Crippen LogP contribution in [0.4, 0.5) is 5.69 Å². The van der Waals surface area contributed by atoms with Crippen molar-refractivity contribution in [3.05, 3.63) is 94.8 Å². The average molecular weight is 667 g/mol. The Morgan fingerprint density at radius 3 is 2.67 bits per heavy atom. The Morgan fingerprint density at radius 1 is 1.11 bits per heavy atom. The van der Waals surface area contributed by atoms with Gasteiger partial charge in [-0.15, -0.1) is 0 Å². The fraction of sp³-hybridized carbons (Fsp3) is 0.303. The third-order valence-corrected chi connectivity index (χ3v) is 8.65. The molecule has 0 unspecified atom stereocenters. The van der Waals surface area contributed by atoms with Crippen LogP contribution in [0.1, 0.15) is 40.7 Å². The molecule has 13 heteroatoms. The molecule has 242 valence electrons. The number of rotatable bonds is 12. The van der Waals surface area contributed by atoms with Gasteiger partial charge in [-0.3, -0.25) is 18.8 Å². The lowest BCUT2D eigenvalue weighted by Crippen LogP contribution is -2.31. The summed E-state index contributed by atoms with van der Waals surface area (Å²) in [5.74, 6) is 0.373. The maximum Gasteiger partial charge on any atom is 0.266 e. The van der Waals surface area contributed by atoms with Crippen LogP contribution in [0.5, 0.6) is 11.5 Å². The molecule has 0 saturated carbocycles. The SMILES string of the molecule is Cc1c(Cl)cccc1OCCCC(=O)N1CCCOc2c(-c3cnn(Cc4ccc(C(=O)NCCS(=O)(=O)O)cc4)c3)cccc21. The Hall–Kier alpha value is -4.39. The third-order valence-electron chi connectivity index (χ3n) is 7.52. The summed E-state index contributed by atoms with van der Waals surface area (Å²) >= 11 is 6.19. The second-order valence-electron chi connectivity index (χ2n) is 10.9. The molecule has 5 rings (SSSR count). The predicted octanol–water partition coefficient (Wildman–Crippen LogP) is 5.15. The Balaban J connectivity index is 1.22. The van der Waals surface area contributed by atoms with Crippen molar-refractivity contribution in [1.29, 1.82) is 0 Å². The number of halogens is 1. The van der Waals surface area contributed by atoms with Gasteiger partial charge in [0.15, 0.2) is 5.75 Å². The molecule has 2 amide bonds. The molecule has 0 fully saturated rings. The fourth-order valence-corrected chi connectivity index (χ4v) is 5.64. The Morgan fingerprint density at radius 2 is 1.89 bits per heavy atom. The smallest absolute Gasteiger partial charge is 0.266 e. The Bertz CT molecular complexity index is 1810. The van der Waals surface area contributed by atoms with Crippen molar-refractivity contribution in [1.82, 2.24) is 15.1 Å². The van der Waals surface area contributed by atoms with Crippen LogP contribution >= 0.6 is 11.6 Å². The predicted molar refractivity (Wildman–Crippen MR) is 175 cm³/mol. The van der Waals surface area contributed by atoms with Gasteiger partial charge in [0.1, 0.15) is 5.75 Å². The monoisotopic (exact) mass is 666 g/mol. The summed E-state index contributed by atoms with van der Waals surface area (Å²) < 4.78 is 44.4. The Kier molecular flexibility index (Phi) is 10.6. The topological polar surface area (TPSA) is 140 Å². The summed E-state index contributed by atoms with van der Waals surface area (Å²) in [5, 5.41) is 7.63. The maximum atomic E-state index is 13.4. The van der Waals surface area contributed by atoms with Crippen LogP contribution in [0.2, 0.25) is 5.02 Å². The van der Waals surface area contributed by atoms with E-state index in [0.29, 0.717) is 61.9 Å². The second kappa shape index (κ2) is 14.8. The van der Waals surface area contributed by atoms with Gasteiger partial charge in [-0.05, 0) is 55.7 Å². The zero-order chi connectivity index (χ0) is 32.7. The molecule has 1 aliphatic rings. The van der Waals surface area contributed by atoms with E-state index in [1.807, 2.05) is 49.5 Å². The third kappa shape index (κ3) is 8.45. The minimum Gasteiger partial charge on any atom is -0.493 e. The van der Waals surface area contributed by atoms with E-state index in [0.717, 1.165) is 33.7 Å². The normalized spacial score (nSPS) is 13.0. The van der Waals surface area contributed by atoms with E-state index in [1.54, 1.807) is 40.0 Å². The van der Waals surface area contributed by atoms with Gasteiger partial charge in [0.25, 0.3) is 16.0 Å². The number of aromatic nitrogens is 2. The molecule has 2 N–H and O–H groups in total. The second-order valence-corrected chi connectivity index (χ2v) is 12.9. The van der Waals surface area contributed by atoms with E-state index in [1.165, 1.54) is 0 Å². The number of hydrogen-bond donors (Lipinski definition) is 2. The summed E-state index contributed by atoms with van der Waals surface area (Å²) in [5.41, 5.74) is 4.54. The number of para-hydroxylation sites is 1. The largest absolute Gasteiger partial charge is 0.493 e. The minimum absolute atomic E-state index is 0.00145. The van der Waals surface area contributed by atoms with Gasteiger partial charge in [0.2, 0.25) is 5.91 Å². The van der Waals surface area contributed by atoms with Gasteiger partial charge in [-0.2, -0.15) is 13.5 Å². The van der Waals surface area contributed by atoms with Crippen LogP contribution in [-0.2, 0) is 21.5 Å². The average Bonchev–Trinajstić information content (AvgIpc) is 3.37. The number of carbonyl (C=O) groups excluding carboxylic acids is 2. The molecule has 3 aromatic carbocycles. The lowest BCUT2D eigenvalue weighted by Gasteiger charge is -2.23. The van der Waals surface area contributed by atoms with Crippen molar-refractivity contribution in [2.75, 3.05) is 37.0 Å². The van der Waals surface area contributed by atoms with Crippen LogP contribution < -0.4 is 19.7 Å². The molecule has 0 spiro atoms. The fourth-order valence-electron chi connectivity index (χ4n) is 5.11. The van der Waals surface area contributed by atoms with Crippen LogP contribution in [0.15, 0.2) is 73.1 Å². The number of fused-ring (bicyclic) bond motifs is 1. The van der Waals surface area contributed by atoms with E-state index >= 15 is 0 Å². The first-order valence-electron chi connectivity index (χ1n) is 14.9.